The van der Waals surface area contributed by atoms with Crippen molar-refractivity contribution >= 4 is 24.1 Å². The number of amides is 2. The average molecular weight is 563 g/mol. The molecule has 40 heavy (non-hydrogen) atoms. The number of halogens is 2. The van der Waals surface area contributed by atoms with Gasteiger partial charge >= 0.3 is 24.1 Å². The van der Waals surface area contributed by atoms with Gasteiger partial charge < -0.3 is 29.5 Å². The molecule has 0 spiro atoms. The third kappa shape index (κ3) is 8.39. The van der Waals surface area contributed by atoms with E-state index in [1.54, 1.807) is 0 Å². The minimum Gasteiger partial charge on any atom is -0.481 e. The summed E-state index contributed by atoms with van der Waals surface area (Å²) in [5, 5.41) is 17.9. The van der Waals surface area contributed by atoms with Gasteiger partial charge in [-0.15, -0.1) is 0 Å². The lowest BCUT2D eigenvalue weighted by Crippen LogP contribution is -2.37. The zero-order chi connectivity index (χ0) is 29.1. The normalized spacial score (nSPS) is 21.8. The Bertz CT molecular complexity index is 1050. The molecule has 2 aromatic carbocycles. The third-order valence-electron chi connectivity index (χ3n) is 6.76. The maximum Gasteiger partial charge on any atom is 0.410 e. The second kappa shape index (κ2) is 14.8. The molecule has 2 amide bonds. The molecule has 2 heterocycles. The number of likely N-dealkylation sites (tertiary alicyclic amines) is 2. The lowest BCUT2D eigenvalue weighted by Gasteiger charge is -2.21. The van der Waals surface area contributed by atoms with Crippen molar-refractivity contribution in [2.24, 2.45) is 11.8 Å². The molecule has 2 aliphatic heterocycles. The van der Waals surface area contributed by atoms with Gasteiger partial charge in [-0.1, -0.05) is 60.7 Å². The summed E-state index contributed by atoms with van der Waals surface area (Å²) in [7, 11) is 0. The number of hydrogen-bond donors (Lipinski definition) is 2. The maximum absolute atomic E-state index is 12.9. The van der Waals surface area contributed by atoms with Crippen LogP contribution in [0, 0.1) is 11.8 Å². The van der Waals surface area contributed by atoms with Crippen molar-refractivity contribution in [3.63, 3.8) is 0 Å². The number of rotatable bonds is 8. The summed E-state index contributed by atoms with van der Waals surface area (Å²) in [6.45, 7) is -1.34. The molecule has 0 radical (unpaired) electrons. The number of carbonyl (C=O) groups is 4. The Labute approximate surface area is 230 Å². The van der Waals surface area contributed by atoms with Gasteiger partial charge in [0.25, 0.3) is 0 Å². The molecule has 2 fully saturated rings. The quantitative estimate of drug-likeness (QED) is 0.491. The Balaban J connectivity index is 0.000000220. The highest BCUT2D eigenvalue weighted by Gasteiger charge is 2.40. The van der Waals surface area contributed by atoms with Gasteiger partial charge in [0.05, 0.1) is 23.9 Å². The van der Waals surface area contributed by atoms with Crippen LogP contribution in [0.3, 0.4) is 0 Å². The minimum atomic E-state index is -1.01. The summed E-state index contributed by atoms with van der Waals surface area (Å²) in [4.78, 5) is 48.0. The third-order valence-corrected chi connectivity index (χ3v) is 6.76. The maximum atomic E-state index is 12.9. The predicted octanol–water partition coefficient (Wildman–Crippen LogP) is 4.14. The summed E-state index contributed by atoms with van der Waals surface area (Å²) in [6.07, 6.45) is -1.07. The highest BCUT2D eigenvalue weighted by molar-refractivity contribution is 5.75. The molecule has 2 aromatic rings. The second-order valence-corrected chi connectivity index (χ2v) is 9.54. The van der Waals surface area contributed by atoms with Crippen LogP contribution in [0.4, 0.5) is 18.4 Å². The Morgan fingerprint density at radius 3 is 1.32 bits per heavy atom. The molecule has 10 nitrogen and oxygen atoms in total. The fraction of sp³-hybridized carbons (Fsp3) is 0.429. The Kier molecular flexibility index (Phi) is 11.2. The van der Waals surface area contributed by atoms with Crippen molar-refractivity contribution < 1.29 is 47.6 Å². The van der Waals surface area contributed by atoms with Gasteiger partial charge in [0.2, 0.25) is 0 Å². The van der Waals surface area contributed by atoms with E-state index in [1.165, 1.54) is 9.80 Å². The van der Waals surface area contributed by atoms with Crippen molar-refractivity contribution in [1.29, 1.82) is 0 Å². The van der Waals surface area contributed by atoms with Gasteiger partial charge in [-0.25, -0.2) is 18.4 Å². The summed E-state index contributed by atoms with van der Waals surface area (Å²) >= 11 is 0. The van der Waals surface area contributed by atoms with E-state index < -0.39 is 61.4 Å². The number of hydrogen-bond acceptors (Lipinski definition) is 6. The molecule has 0 unspecified atom stereocenters. The van der Waals surface area contributed by atoms with Crippen molar-refractivity contribution in [2.75, 3.05) is 26.4 Å². The highest BCUT2D eigenvalue weighted by Crippen LogP contribution is 2.26. The minimum absolute atomic E-state index is 0.00244. The van der Waals surface area contributed by atoms with E-state index in [0.717, 1.165) is 11.1 Å². The van der Waals surface area contributed by atoms with Crippen LogP contribution < -0.4 is 0 Å². The highest BCUT2D eigenvalue weighted by atomic mass is 19.1. The first-order chi connectivity index (χ1) is 19.2. The lowest BCUT2D eigenvalue weighted by molar-refractivity contribution is -0.142. The smallest absolute Gasteiger partial charge is 0.410 e. The molecule has 0 aliphatic carbocycles. The molecule has 4 rings (SSSR count). The van der Waals surface area contributed by atoms with Gasteiger partial charge in [0.15, 0.2) is 0 Å². The first-order valence-electron chi connectivity index (χ1n) is 12.8. The number of carboxylic acid groups (broad SMARTS) is 2. The zero-order valence-corrected chi connectivity index (χ0v) is 21.7. The summed E-state index contributed by atoms with van der Waals surface area (Å²) in [6, 6.07) is 16.8. The van der Waals surface area contributed by atoms with Crippen molar-refractivity contribution in [1.82, 2.24) is 9.80 Å². The van der Waals surface area contributed by atoms with E-state index >= 15 is 0 Å². The fourth-order valence-corrected chi connectivity index (χ4v) is 4.54. The van der Waals surface area contributed by atoms with Crippen molar-refractivity contribution in [2.45, 2.75) is 38.1 Å². The topological polar surface area (TPSA) is 134 Å². The number of aliphatic carboxylic acids is 2. The molecule has 0 aromatic heterocycles. The van der Waals surface area contributed by atoms with Crippen LogP contribution in [0.1, 0.15) is 24.0 Å². The molecular weight excluding hydrogens is 530 g/mol. The van der Waals surface area contributed by atoms with Gasteiger partial charge in [0, 0.05) is 13.1 Å². The van der Waals surface area contributed by atoms with E-state index in [4.69, 9.17) is 19.7 Å². The monoisotopic (exact) mass is 562 g/mol. The van der Waals surface area contributed by atoms with E-state index in [-0.39, 0.29) is 39.1 Å². The molecule has 4 atom stereocenters. The second-order valence-electron chi connectivity index (χ2n) is 9.54. The number of nitrogens with zero attached hydrogens (tertiary/aromatic N) is 2. The Morgan fingerprint density at radius 2 is 1.02 bits per heavy atom. The molecule has 12 heteroatoms. The number of carbonyl (C=O) groups excluding carboxylic acids is 2. The standard InChI is InChI=1S/2C14H16FNO4/c2*15-7-12-6-11(13(17)18)8-16(12)14(19)20-9-10-4-2-1-3-5-10/h2*1-5,11-12H,6-9H2,(H,17,18)/t2*11-,12-/m10/s1. The van der Waals surface area contributed by atoms with Crippen LogP contribution >= 0.6 is 0 Å². The summed E-state index contributed by atoms with van der Waals surface area (Å²) in [5.41, 5.74) is 1.65. The molecular formula is C28H32F2N2O8. The van der Waals surface area contributed by atoms with E-state index in [2.05, 4.69) is 0 Å². The number of carboxylic acids is 2. The van der Waals surface area contributed by atoms with Gasteiger partial charge in [0.1, 0.15) is 26.6 Å². The lowest BCUT2D eigenvalue weighted by atomic mass is 10.1. The van der Waals surface area contributed by atoms with Crippen LogP contribution in [-0.4, -0.2) is 82.7 Å². The SMILES string of the molecule is O=C(O)[C@@H]1C[C@H](CF)N(C(=O)OCc2ccccc2)C1.O=C(O)[C@H]1C[C@@H](CF)N(C(=O)OCc2ccccc2)C1. The Morgan fingerprint density at radius 1 is 0.675 bits per heavy atom. The van der Waals surface area contributed by atoms with Gasteiger partial charge in [-0.2, -0.15) is 0 Å². The summed E-state index contributed by atoms with van der Waals surface area (Å²) in [5.74, 6) is -3.47. The zero-order valence-electron chi connectivity index (χ0n) is 21.7. The van der Waals surface area contributed by atoms with E-state index in [0.29, 0.717) is 0 Å². The van der Waals surface area contributed by atoms with Crippen LogP contribution in [0.5, 0.6) is 0 Å². The van der Waals surface area contributed by atoms with Crippen LogP contribution in [0.15, 0.2) is 60.7 Å². The molecule has 0 bridgehead atoms. The summed E-state index contributed by atoms with van der Waals surface area (Å²) < 4.78 is 35.9. The molecule has 216 valence electrons. The predicted molar refractivity (Wildman–Crippen MR) is 138 cm³/mol. The van der Waals surface area contributed by atoms with Crippen molar-refractivity contribution in [3.8, 4) is 0 Å². The first kappa shape index (κ1) is 30.3. The first-order valence-corrected chi connectivity index (χ1v) is 12.8. The van der Waals surface area contributed by atoms with Crippen molar-refractivity contribution in [3.05, 3.63) is 71.8 Å². The molecule has 2 saturated heterocycles. The molecule has 2 aliphatic rings. The van der Waals surface area contributed by atoms with E-state index in [9.17, 15) is 28.0 Å². The fourth-order valence-electron chi connectivity index (χ4n) is 4.54. The number of benzene rings is 2. The molecule has 0 saturated carbocycles. The van der Waals surface area contributed by atoms with Crippen LogP contribution in [0.2, 0.25) is 0 Å². The largest absolute Gasteiger partial charge is 0.481 e. The van der Waals surface area contributed by atoms with Gasteiger partial charge in [-0.05, 0) is 24.0 Å². The number of alkyl halides is 2. The number of ether oxygens (including phenoxy) is 2. The average Bonchev–Trinajstić information content (AvgIpc) is 3.61. The van der Waals surface area contributed by atoms with Crippen LogP contribution in [-0.2, 0) is 32.3 Å². The van der Waals surface area contributed by atoms with E-state index in [1.807, 2.05) is 60.7 Å². The van der Waals surface area contributed by atoms with Gasteiger partial charge in [-0.3, -0.25) is 9.59 Å². The Hall–Kier alpha value is -4.22. The molecule has 2 N–H and O–H groups in total. The van der Waals surface area contributed by atoms with Crippen LogP contribution in [0.25, 0.3) is 0 Å².